The van der Waals surface area contributed by atoms with Gasteiger partial charge in [0.2, 0.25) is 0 Å². The van der Waals surface area contributed by atoms with E-state index in [4.69, 9.17) is 11.6 Å². The summed E-state index contributed by atoms with van der Waals surface area (Å²) in [4.78, 5) is 12.1. The summed E-state index contributed by atoms with van der Waals surface area (Å²) >= 11 is 5.89. The van der Waals surface area contributed by atoms with Crippen LogP contribution in [0.2, 0.25) is 5.02 Å². The number of halogens is 4. The highest BCUT2D eigenvalue weighted by molar-refractivity contribution is 6.31. The van der Waals surface area contributed by atoms with Crippen molar-refractivity contribution in [2.75, 3.05) is 13.1 Å². The van der Waals surface area contributed by atoms with Gasteiger partial charge in [-0.25, -0.2) is 0 Å². The normalized spacial score (nSPS) is 23.6. The lowest BCUT2D eigenvalue weighted by atomic mass is 9.79. The van der Waals surface area contributed by atoms with Crippen LogP contribution in [0.1, 0.15) is 12.0 Å². The van der Waals surface area contributed by atoms with E-state index in [2.05, 4.69) is 5.32 Å². The Labute approximate surface area is 113 Å². The van der Waals surface area contributed by atoms with Gasteiger partial charge in [0.05, 0.1) is 0 Å². The lowest BCUT2D eigenvalue weighted by Crippen LogP contribution is -2.47. The molecule has 0 saturated carbocycles. The molecule has 2 rings (SSSR count). The second kappa shape index (κ2) is 5.13. The Morgan fingerprint density at radius 3 is 2.58 bits per heavy atom. The van der Waals surface area contributed by atoms with Crippen molar-refractivity contribution in [1.82, 2.24) is 5.32 Å². The zero-order valence-electron chi connectivity index (χ0n) is 10.1. The van der Waals surface area contributed by atoms with Crippen LogP contribution in [0.5, 0.6) is 0 Å². The SMILES string of the molecule is O=C(Cc1ccccc1Cl)C1(C(F)(F)F)CCNC1. The van der Waals surface area contributed by atoms with Crippen molar-refractivity contribution in [2.45, 2.75) is 19.0 Å². The summed E-state index contributed by atoms with van der Waals surface area (Å²) in [6.07, 6.45) is -5.03. The summed E-state index contributed by atoms with van der Waals surface area (Å²) in [5, 5.41) is 2.95. The minimum atomic E-state index is -4.53. The number of nitrogens with one attached hydrogen (secondary N) is 1. The van der Waals surface area contributed by atoms with Crippen molar-refractivity contribution in [2.24, 2.45) is 5.41 Å². The van der Waals surface area contributed by atoms with E-state index in [1.165, 1.54) is 0 Å². The molecule has 1 aromatic carbocycles. The maximum absolute atomic E-state index is 13.2. The average molecular weight is 292 g/mol. The molecular formula is C13H13ClF3NO. The third kappa shape index (κ3) is 2.62. The molecule has 6 heteroatoms. The van der Waals surface area contributed by atoms with Crippen LogP contribution in [0.25, 0.3) is 0 Å². The van der Waals surface area contributed by atoms with E-state index in [1.807, 2.05) is 0 Å². The lowest BCUT2D eigenvalue weighted by molar-refractivity contribution is -0.214. The van der Waals surface area contributed by atoms with Crippen LogP contribution in [-0.2, 0) is 11.2 Å². The molecule has 1 atom stereocenters. The van der Waals surface area contributed by atoms with E-state index >= 15 is 0 Å². The molecular weight excluding hydrogens is 279 g/mol. The summed E-state index contributed by atoms with van der Waals surface area (Å²) in [5.74, 6) is -0.821. The largest absolute Gasteiger partial charge is 0.402 e. The quantitative estimate of drug-likeness (QED) is 0.927. The maximum atomic E-state index is 13.2. The van der Waals surface area contributed by atoms with Crippen molar-refractivity contribution in [3.63, 3.8) is 0 Å². The minimum Gasteiger partial charge on any atom is -0.315 e. The van der Waals surface area contributed by atoms with Gasteiger partial charge in [0.15, 0.2) is 5.78 Å². The zero-order chi connectivity index (χ0) is 14.1. The fraction of sp³-hybridized carbons (Fsp3) is 0.462. The smallest absolute Gasteiger partial charge is 0.315 e. The summed E-state index contributed by atoms with van der Waals surface area (Å²) in [5.41, 5.74) is -1.84. The van der Waals surface area contributed by atoms with Crippen LogP contribution in [0.4, 0.5) is 13.2 Å². The molecule has 1 unspecified atom stereocenters. The number of ketones is 1. The average Bonchev–Trinajstić information content (AvgIpc) is 2.82. The molecule has 1 aromatic rings. The van der Waals surface area contributed by atoms with E-state index in [9.17, 15) is 18.0 Å². The summed E-state index contributed by atoms with van der Waals surface area (Å²) in [7, 11) is 0. The number of rotatable bonds is 3. The van der Waals surface area contributed by atoms with Crippen LogP contribution in [0.3, 0.4) is 0 Å². The molecule has 1 saturated heterocycles. The number of hydrogen-bond donors (Lipinski definition) is 1. The molecule has 1 N–H and O–H groups in total. The van der Waals surface area contributed by atoms with E-state index in [0.717, 1.165) is 0 Å². The topological polar surface area (TPSA) is 29.1 Å². The highest BCUT2D eigenvalue weighted by atomic mass is 35.5. The molecule has 0 radical (unpaired) electrons. The Morgan fingerprint density at radius 1 is 1.37 bits per heavy atom. The highest BCUT2D eigenvalue weighted by Crippen LogP contribution is 2.44. The first-order chi connectivity index (χ1) is 8.87. The van der Waals surface area contributed by atoms with Gasteiger partial charge in [-0.15, -0.1) is 0 Å². The van der Waals surface area contributed by atoms with Gasteiger partial charge in [-0.05, 0) is 24.6 Å². The fourth-order valence-corrected chi connectivity index (χ4v) is 2.52. The molecule has 1 fully saturated rings. The summed E-state index contributed by atoms with van der Waals surface area (Å²) < 4.78 is 39.5. The Hall–Kier alpha value is -1.07. The van der Waals surface area contributed by atoms with Gasteiger partial charge < -0.3 is 5.32 Å². The number of Topliss-reactive ketones (excluding diaryl/α,β-unsaturated/α-hetero) is 1. The van der Waals surface area contributed by atoms with E-state index in [-0.39, 0.29) is 25.9 Å². The van der Waals surface area contributed by atoms with Gasteiger partial charge in [-0.3, -0.25) is 4.79 Å². The number of carbonyl (C=O) groups is 1. The van der Waals surface area contributed by atoms with E-state index in [1.54, 1.807) is 24.3 Å². The number of hydrogen-bond acceptors (Lipinski definition) is 2. The molecule has 0 bridgehead atoms. The van der Waals surface area contributed by atoms with Gasteiger partial charge in [0.1, 0.15) is 5.41 Å². The molecule has 0 spiro atoms. The fourth-order valence-electron chi connectivity index (χ4n) is 2.31. The second-order valence-corrected chi connectivity index (χ2v) is 5.11. The van der Waals surface area contributed by atoms with Gasteiger partial charge >= 0.3 is 6.18 Å². The Bertz CT molecular complexity index is 481. The molecule has 2 nitrogen and oxygen atoms in total. The third-order valence-corrected chi connectivity index (χ3v) is 3.91. The predicted molar refractivity (Wildman–Crippen MR) is 66.1 cm³/mol. The Kier molecular flexibility index (Phi) is 3.87. The van der Waals surface area contributed by atoms with Gasteiger partial charge in [0.25, 0.3) is 0 Å². The zero-order valence-corrected chi connectivity index (χ0v) is 10.8. The monoisotopic (exact) mass is 291 g/mol. The Balaban J connectivity index is 2.25. The molecule has 1 aliphatic rings. The van der Waals surface area contributed by atoms with Crippen molar-refractivity contribution in [1.29, 1.82) is 0 Å². The lowest BCUT2D eigenvalue weighted by Gasteiger charge is -2.29. The van der Waals surface area contributed by atoms with Crippen LogP contribution in [0, 0.1) is 5.41 Å². The predicted octanol–water partition coefficient (Wildman–Crippen LogP) is 2.99. The van der Waals surface area contributed by atoms with Crippen LogP contribution >= 0.6 is 11.6 Å². The Morgan fingerprint density at radius 2 is 2.05 bits per heavy atom. The standard InChI is InChI=1S/C13H13ClF3NO/c14-10-4-2-1-3-9(10)7-11(19)12(13(15,16)17)5-6-18-8-12/h1-4,18H,5-8H2. The highest BCUT2D eigenvalue weighted by Gasteiger charge is 2.60. The molecule has 1 aliphatic heterocycles. The molecule has 0 amide bonds. The first kappa shape index (κ1) is 14.3. The van der Waals surface area contributed by atoms with Crippen molar-refractivity contribution < 1.29 is 18.0 Å². The molecule has 104 valence electrons. The molecule has 19 heavy (non-hydrogen) atoms. The molecule has 1 heterocycles. The number of benzene rings is 1. The molecule has 0 aromatic heterocycles. The number of carbonyl (C=O) groups excluding carboxylic acids is 1. The van der Waals surface area contributed by atoms with E-state index < -0.39 is 17.4 Å². The van der Waals surface area contributed by atoms with Crippen molar-refractivity contribution >= 4 is 17.4 Å². The first-order valence-electron chi connectivity index (χ1n) is 5.91. The summed E-state index contributed by atoms with van der Waals surface area (Å²) in [6.45, 7) is -0.145. The second-order valence-electron chi connectivity index (χ2n) is 4.70. The number of alkyl halides is 3. The van der Waals surface area contributed by atoms with Crippen LogP contribution in [-0.4, -0.2) is 25.0 Å². The van der Waals surface area contributed by atoms with Gasteiger partial charge in [0, 0.05) is 18.0 Å². The van der Waals surface area contributed by atoms with Crippen LogP contribution < -0.4 is 5.32 Å². The first-order valence-corrected chi connectivity index (χ1v) is 6.29. The minimum absolute atomic E-state index is 0.202. The van der Waals surface area contributed by atoms with E-state index in [0.29, 0.717) is 10.6 Å². The van der Waals surface area contributed by atoms with Gasteiger partial charge in [-0.1, -0.05) is 29.8 Å². The van der Waals surface area contributed by atoms with Crippen molar-refractivity contribution in [3.8, 4) is 0 Å². The van der Waals surface area contributed by atoms with Gasteiger partial charge in [-0.2, -0.15) is 13.2 Å². The maximum Gasteiger partial charge on any atom is 0.402 e. The van der Waals surface area contributed by atoms with Crippen molar-refractivity contribution in [3.05, 3.63) is 34.9 Å². The van der Waals surface area contributed by atoms with Crippen LogP contribution in [0.15, 0.2) is 24.3 Å². The third-order valence-electron chi connectivity index (χ3n) is 3.54. The summed E-state index contributed by atoms with van der Waals surface area (Å²) in [6, 6.07) is 6.47. The molecule has 0 aliphatic carbocycles.